The van der Waals surface area contributed by atoms with Crippen molar-refractivity contribution in [2.75, 3.05) is 0 Å². The molecule has 16 heavy (non-hydrogen) atoms. The Kier molecular flexibility index (Phi) is 3.20. The monoisotopic (exact) mass is 240 g/mol. The Labute approximate surface area is 96.9 Å². The number of amides is 1. The lowest BCUT2D eigenvalue weighted by atomic mass is 10.1. The molecule has 1 heterocycles. The quantitative estimate of drug-likeness (QED) is 0.652. The van der Waals surface area contributed by atoms with Crippen LogP contribution < -0.4 is 5.73 Å². The molecule has 2 aromatic rings. The van der Waals surface area contributed by atoms with Crippen molar-refractivity contribution < 1.29 is 15.0 Å². The van der Waals surface area contributed by atoms with Gasteiger partial charge in [-0.2, -0.15) is 0 Å². The molecule has 0 radical (unpaired) electrons. The minimum Gasteiger partial charge on any atom is -0.504 e. The van der Waals surface area contributed by atoms with E-state index in [-0.39, 0.29) is 29.5 Å². The lowest BCUT2D eigenvalue weighted by Crippen LogP contribution is -2.10. The van der Waals surface area contributed by atoms with Crippen molar-refractivity contribution in [3.63, 3.8) is 0 Å². The minimum absolute atomic E-state index is 0. The Morgan fingerprint density at radius 1 is 1.19 bits per heavy atom. The van der Waals surface area contributed by atoms with Crippen LogP contribution in [0, 0.1) is 0 Å². The van der Waals surface area contributed by atoms with E-state index in [1.54, 1.807) is 0 Å². The third-order valence-electron chi connectivity index (χ3n) is 2.06. The summed E-state index contributed by atoms with van der Waals surface area (Å²) in [5, 5.41) is 19.0. The van der Waals surface area contributed by atoms with E-state index < -0.39 is 5.91 Å². The van der Waals surface area contributed by atoms with Crippen molar-refractivity contribution in [3.05, 3.63) is 30.0 Å². The Balaban J connectivity index is 0.00000128. The molecule has 0 aliphatic rings. The van der Waals surface area contributed by atoms with Crippen molar-refractivity contribution in [2.45, 2.75) is 0 Å². The molecule has 4 N–H and O–H groups in total. The molecule has 0 aliphatic carbocycles. The maximum absolute atomic E-state index is 10.9. The van der Waals surface area contributed by atoms with Crippen LogP contribution in [0.15, 0.2) is 24.4 Å². The number of primary amides is 1. The number of phenolic OH excluding ortho intramolecular Hbond substituents is 2. The Bertz CT molecular complexity index is 557. The van der Waals surface area contributed by atoms with Crippen LogP contribution in [0.4, 0.5) is 0 Å². The average Bonchev–Trinajstić information content (AvgIpc) is 2.19. The van der Waals surface area contributed by atoms with Crippen molar-refractivity contribution in [2.24, 2.45) is 5.73 Å². The summed E-state index contributed by atoms with van der Waals surface area (Å²) in [6.07, 6.45) is 1.32. The summed E-state index contributed by atoms with van der Waals surface area (Å²) in [6, 6.07) is 4.14. The first-order valence-electron chi connectivity index (χ1n) is 4.19. The highest BCUT2D eigenvalue weighted by atomic mass is 35.5. The third-order valence-corrected chi connectivity index (χ3v) is 2.06. The van der Waals surface area contributed by atoms with Gasteiger partial charge in [0.05, 0.1) is 11.1 Å². The van der Waals surface area contributed by atoms with Gasteiger partial charge in [0.2, 0.25) is 5.91 Å². The zero-order valence-electron chi connectivity index (χ0n) is 8.04. The number of nitrogens with two attached hydrogens (primary N) is 1. The molecule has 0 fully saturated rings. The van der Waals surface area contributed by atoms with Gasteiger partial charge >= 0.3 is 0 Å². The molecule has 0 aliphatic heterocycles. The number of rotatable bonds is 1. The highest BCUT2D eigenvalue weighted by Gasteiger charge is 2.06. The number of phenols is 2. The predicted molar refractivity (Wildman–Crippen MR) is 60.8 cm³/mol. The first-order valence-corrected chi connectivity index (χ1v) is 4.19. The molecule has 0 bridgehead atoms. The minimum atomic E-state index is -0.586. The molecular formula is C10H9ClN2O3. The number of nitrogens with zero attached hydrogens (tertiary/aromatic N) is 1. The van der Waals surface area contributed by atoms with E-state index in [0.717, 1.165) is 0 Å². The van der Waals surface area contributed by atoms with Crippen molar-refractivity contribution in [1.29, 1.82) is 0 Å². The first-order chi connectivity index (χ1) is 7.08. The highest BCUT2D eigenvalue weighted by molar-refractivity contribution is 5.96. The van der Waals surface area contributed by atoms with Crippen LogP contribution in [0.1, 0.15) is 10.4 Å². The number of fused-ring (bicyclic) bond motifs is 1. The summed E-state index contributed by atoms with van der Waals surface area (Å²) in [7, 11) is 0. The van der Waals surface area contributed by atoms with Crippen LogP contribution in [0.3, 0.4) is 0 Å². The van der Waals surface area contributed by atoms with Gasteiger partial charge in [-0.15, -0.1) is 12.4 Å². The van der Waals surface area contributed by atoms with Crippen molar-refractivity contribution in [3.8, 4) is 11.5 Å². The number of carbonyl (C=O) groups excluding carboxylic acids is 1. The van der Waals surface area contributed by atoms with E-state index in [1.165, 1.54) is 24.4 Å². The second kappa shape index (κ2) is 4.24. The second-order valence-corrected chi connectivity index (χ2v) is 3.12. The molecule has 1 aromatic heterocycles. The number of hydrogen-bond donors (Lipinski definition) is 3. The van der Waals surface area contributed by atoms with E-state index in [4.69, 9.17) is 5.73 Å². The predicted octanol–water partition coefficient (Wildman–Crippen LogP) is 1.17. The summed E-state index contributed by atoms with van der Waals surface area (Å²) < 4.78 is 0. The summed E-state index contributed by atoms with van der Waals surface area (Å²) in [6.45, 7) is 0. The zero-order chi connectivity index (χ0) is 11.0. The Hall–Kier alpha value is -2.01. The number of hydrogen-bond acceptors (Lipinski definition) is 4. The van der Waals surface area contributed by atoms with Crippen LogP contribution in [-0.2, 0) is 0 Å². The van der Waals surface area contributed by atoms with Gasteiger partial charge < -0.3 is 15.9 Å². The van der Waals surface area contributed by atoms with Gasteiger partial charge in [0.15, 0.2) is 11.5 Å². The van der Waals surface area contributed by atoms with E-state index >= 15 is 0 Å². The summed E-state index contributed by atoms with van der Waals surface area (Å²) in [5.41, 5.74) is 5.82. The fourth-order valence-corrected chi connectivity index (χ4v) is 1.29. The first kappa shape index (κ1) is 12.1. The summed E-state index contributed by atoms with van der Waals surface area (Å²) in [4.78, 5) is 14.8. The number of pyridine rings is 1. The third kappa shape index (κ3) is 1.99. The molecule has 0 spiro atoms. The van der Waals surface area contributed by atoms with Crippen molar-refractivity contribution in [1.82, 2.24) is 4.98 Å². The molecule has 0 atom stereocenters. The van der Waals surface area contributed by atoms with Gasteiger partial charge in [-0.1, -0.05) is 0 Å². The molecule has 6 heteroatoms. The SMILES string of the molecule is Cl.NC(=O)c1cnc2cc(O)c(O)cc2c1. The fraction of sp³-hybridized carbons (Fsp3) is 0. The fourth-order valence-electron chi connectivity index (χ4n) is 1.29. The van der Waals surface area contributed by atoms with Crippen LogP contribution in [0.2, 0.25) is 0 Å². The van der Waals surface area contributed by atoms with Crippen LogP contribution >= 0.6 is 12.4 Å². The summed E-state index contributed by atoms with van der Waals surface area (Å²) in [5.74, 6) is -1.09. The second-order valence-electron chi connectivity index (χ2n) is 3.12. The number of halogens is 1. The number of aromatic hydroxyl groups is 2. The normalized spacial score (nSPS) is 9.75. The summed E-state index contributed by atoms with van der Waals surface area (Å²) >= 11 is 0. The molecular weight excluding hydrogens is 232 g/mol. The smallest absolute Gasteiger partial charge is 0.250 e. The number of aromatic nitrogens is 1. The van der Waals surface area contributed by atoms with Crippen LogP contribution in [-0.4, -0.2) is 21.1 Å². The number of carbonyl (C=O) groups is 1. The van der Waals surface area contributed by atoms with E-state index in [2.05, 4.69) is 4.98 Å². The van der Waals surface area contributed by atoms with Gasteiger partial charge in [0.25, 0.3) is 0 Å². The van der Waals surface area contributed by atoms with Crippen molar-refractivity contribution >= 4 is 29.2 Å². The zero-order valence-corrected chi connectivity index (χ0v) is 8.86. The van der Waals surface area contributed by atoms with Gasteiger partial charge in [0, 0.05) is 17.6 Å². The van der Waals surface area contributed by atoms with Gasteiger partial charge in [-0.25, -0.2) is 0 Å². The van der Waals surface area contributed by atoms with Gasteiger partial charge in [-0.05, 0) is 12.1 Å². The maximum Gasteiger partial charge on any atom is 0.250 e. The van der Waals surface area contributed by atoms with E-state index in [1.807, 2.05) is 0 Å². The topological polar surface area (TPSA) is 96.4 Å². The Morgan fingerprint density at radius 3 is 2.44 bits per heavy atom. The maximum atomic E-state index is 10.9. The van der Waals surface area contributed by atoms with Crippen LogP contribution in [0.25, 0.3) is 10.9 Å². The molecule has 2 rings (SSSR count). The van der Waals surface area contributed by atoms with E-state index in [0.29, 0.717) is 10.9 Å². The molecule has 1 amide bonds. The van der Waals surface area contributed by atoms with E-state index in [9.17, 15) is 15.0 Å². The molecule has 1 aromatic carbocycles. The average molecular weight is 241 g/mol. The van der Waals surface area contributed by atoms with Gasteiger partial charge in [-0.3, -0.25) is 9.78 Å². The standard InChI is InChI=1S/C10H8N2O3.ClH/c11-10(15)6-1-5-2-8(13)9(14)3-7(5)12-4-6;/h1-4,13-14H,(H2,11,15);1H. The largest absolute Gasteiger partial charge is 0.504 e. The Morgan fingerprint density at radius 2 is 1.81 bits per heavy atom. The molecule has 0 saturated heterocycles. The molecule has 5 nitrogen and oxygen atoms in total. The lowest BCUT2D eigenvalue weighted by molar-refractivity contribution is 0.1000. The molecule has 0 unspecified atom stereocenters. The number of benzene rings is 1. The molecule has 84 valence electrons. The molecule has 0 saturated carbocycles. The lowest BCUT2D eigenvalue weighted by Gasteiger charge is -2.02. The highest BCUT2D eigenvalue weighted by Crippen LogP contribution is 2.29. The van der Waals surface area contributed by atoms with Crippen LogP contribution in [0.5, 0.6) is 11.5 Å². The van der Waals surface area contributed by atoms with Gasteiger partial charge in [0.1, 0.15) is 0 Å².